The Morgan fingerprint density at radius 1 is 1.14 bits per heavy atom. The molecule has 0 aliphatic rings. The highest BCUT2D eigenvalue weighted by atomic mass is 35.5. The Hall–Kier alpha value is -2.53. The molecular weight excluding hydrogens is 388 g/mol. The van der Waals surface area contributed by atoms with Gasteiger partial charge in [-0.2, -0.15) is 0 Å². The van der Waals surface area contributed by atoms with Gasteiger partial charge in [0, 0.05) is 18.6 Å². The van der Waals surface area contributed by atoms with Gasteiger partial charge in [0.15, 0.2) is 6.61 Å². The number of rotatable bonds is 7. The fourth-order valence-corrected chi connectivity index (χ4v) is 3.27. The van der Waals surface area contributed by atoms with Crippen LogP contribution in [-0.2, 0) is 21.5 Å². The summed E-state index contributed by atoms with van der Waals surface area (Å²) in [4.78, 5) is 26.7. The van der Waals surface area contributed by atoms with E-state index in [-0.39, 0.29) is 30.4 Å². The van der Waals surface area contributed by atoms with Crippen LogP contribution in [0.25, 0.3) is 0 Å². The zero-order valence-electron chi connectivity index (χ0n) is 17.7. The van der Waals surface area contributed by atoms with Gasteiger partial charge in [-0.15, -0.1) is 0 Å². The van der Waals surface area contributed by atoms with Gasteiger partial charge in [-0.3, -0.25) is 9.59 Å². The third kappa shape index (κ3) is 6.23. The fourth-order valence-electron chi connectivity index (χ4n) is 3.06. The largest absolute Gasteiger partial charge is 0.483 e. The first-order chi connectivity index (χ1) is 13.6. The molecule has 2 rings (SSSR count). The fraction of sp³-hybridized carbons (Fsp3) is 0.391. The summed E-state index contributed by atoms with van der Waals surface area (Å²) in [5.41, 5.74) is 1.75. The van der Waals surface area contributed by atoms with E-state index in [9.17, 15) is 9.59 Å². The highest BCUT2D eigenvalue weighted by Gasteiger charge is 2.26. The highest BCUT2D eigenvalue weighted by molar-refractivity contribution is 6.30. The molecule has 0 radical (unpaired) electrons. The second-order valence-corrected chi connectivity index (χ2v) is 8.41. The molecule has 0 aromatic heterocycles. The quantitative estimate of drug-likeness (QED) is 0.736. The summed E-state index contributed by atoms with van der Waals surface area (Å²) in [6.45, 7) is 8.08. The molecule has 0 aliphatic carbocycles. The molecule has 0 unspecified atom stereocenters. The molecule has 0 aliphatic heterocycles. The van der Waals surface area contributed by atoms with Crippen molar-refractivity contribution in [1.29, 1.82) is 0 Å². The van der Waals surface area contributed by atoms with Gasteiger partial charge >= 0.3 is 0 Å². The summed E-state index contributed by atoms with van der Waals surface area (Å²) >= 11 is 6.07. The predicted octanol–water partition coefficient (Wildman–Crippen LogP) is 4.18. The third-order valence-corrected chi connectivity index (χ3v) is 4.94. The van der Waals surface area contributed by atoms with E-state index in [4.69, 9.17) is 16.3 Å². The van der Waals surface area contributed by atoms with Crippen LogP contribution in [0.1, 0.15) is 38.8 Å². The van der Waals surface area contributed by atoms with Gasteiger partial charge in [-0.1, -0.05) is 62.7 Å². The van der Waals surface area contributed by atoms with E-state index in [1.807, 2.05) is 36.4 Å². The van der Waals surface area contributed by atoms with Crippen molar-refractivity contribution in [3.05, 3.63) is 64.7 Å². The zero-order valence-corrected chi connectivity index (χ0v) is 18.4. The summed E-state index contributed by atoms with van der Waals surface area (Å²) in [6.07, 6.45) is 0. The number of carbonyl (C=O) groups excluding carboxylic acids is 2. The zero-order chi connectivity index (χ0) is 21.6. The third-order valence-electron chi connectivity index (χ3n) is 4.70. The van der Waals surface area contributed by atoms with Crippen LogP contribution in [0.5, 0.6) is 5.75 Å². The first-order valence-electron chi connectivity index (χ1n) is 9.61. The number of halogens is 1. The Morgan fingerprint density at radius 3 is 2.45 bits per heavy atom. The molecule has 0 bridgehead atoms. The Kier molecular flexibility index (Phi) is 7.68. The molecule has 1 atom stereocenters. The second kappa shape index (κ2) is 9.79. The summed E-state index contributed by atoms with van der Waals surface area (Å²) in [6, 6.07) is 14.3. The number of para-hydroxylation sites is 1. The number of ether oxygens (including phenoxy) is 1. The van der Waals surface area contributed by atoms with E-state index in [1.54, 1.807) is 26.1 Å². The maximum absolute atomic E-state index is 13.0. The first-order valence-corrected chi connectivity index (χ1v) is 9.99. The van der Waals surface area contributed by atoms with Crippen molar-refractivity contribution in [2.24, 2.45) is 0 Å². The van der Waals surface area contributed by atoms with Crippen LogP contribution >= 0.6 is 11.6 Å². The first kappa shape index (κ1) is 22.8. The molecule has 0 heterocycles. The number of benzene rings is 2. The lowest BCUT2D eigenvalue weighted by atomic mass is 9.86. The average molecular weight is 417 g/mol. The van der Waals surface area contributed by atoms with Crippen LogP contribution in [0.15, 0.2) is 48.5 Å². The van der Waals surface area contributed by atoms with E-state index in [0.717, 1.165) is 11.1 Å². The minimum atomic E-state index is -0.645. The molecule has 156 valence electrons. The average Bonchev–Trinajstić information content (AvgIpc) is 2.68. The van der Waals surface area contributed by atoms with Crippen molar-refractivity contribution in [3.8, 4) is 5.75 Å². The molecule has 0 saturated heterocycles. The molecular formula is C23H29ClN2O3. The normalized spacial score (nSPS) is 12.2. The van der Waals surface area contributed by atoms with Crippen LogP contribution in [0.2, 0.25) is 5.02 Å². The topological polar surface area (TPSA) is 58.6 Å². The molecule has 0 spiro atoms. The molecule has 0 fully saturated rings. The molecule has 2 aromatic rings. The molecule has 5 nitrogen and oxygen atoms in total. The van der Waals surface area contributed by atoms with Crippen LogP contribution < -0.4 is 10.1 Å². The molecule has 29 heavy (non-hydrogen) atoms. The van der Waals surface area contributed by atoms with Crippen molar-refractivity contribution in [2.75, 3.05) is 13.7 Å². The van der Waals surface area contributed by atoms with Crippen molar-refractivity contribution in [2.45, 2.75) is 45.7 Å². The minimum Gasteiger partial charge on any atom is -0.483 e. The Morgan fingerprint density at radius 2 is 1.83 bits per heavy atom. The summed E-state index contributed by atoms with van der Waals surface area (Å²) in [5, 5.41) is 3.18. The summed E-state index contributed by atoms with van der Waals surface area (Å²) in [5.74, 6) is 0.156. The number of nitrogens with one attached hydrogen (secondary N) is 1. The van der Waals surface area contributed by atoms with E-state index >= 15 is 0 Å². The van der Waals surface area contributed by atoms with Crippen molar-refractivity contribution in [1.82, 2.24) is 10.2 Å². The lowest BCUT2D eigenvalue weighted by Gasteiger charge is -2.29. The van der Waals surface area contributed by atoms with E-state index in [2.05, 4.69) is 26.1 Å². The lowest BCUT2D eigenvalue weighted by Crippen LogP contribution is -2.48. The molecule has 6 heteroatoms. The summed E-state index contributed by atoms with van der Waals surface area (Å²) < 4.78 is 5.88. The number of amides is 2. The Labute approximate surface area is 178 Å². The van der Waals surface area contributed by atoms with Crippen LogP contribution in [0, 0.1) is 0 Å². The monoisotopic (exact) mass is 416 g/mol. The maximum Gasteiger partial charge on any atom is 0.261 e. The van der Waals surface area contributed by atoms with Gasteiger partial charge < -0.3 is 15.0 Å². The van der Waals surface area contributed by atoms with Crippen molar-refractivity contribution < 1.29 is 14.3 Å². The van der Waals surface area contributed by atoms with E-state index in [0.29, 0.717) is 10.8 Å². The minimum absolute atomic E-state index is 0.116. The second-order valence-electron chi connectivity index (χ2n) is 7.98. The van der Waals surface area contributed by atoms with Crippen LogP contribution in [0.4, 0.5) is 0 Å². The van der Waals surface area contributed by atoms with Crippen LogP contribution in [-0.4, -0.2) is 36.4 Å². The van der Waals surface area contributed by atoms with E-state index < -0.39 is 6.04 Å². The number of hydrogen-bond acceptors (Lipinski definition) is 3. The van der Waals surface area contributed by atoms with Gasteiger partial charge in [0.05, 0.1) is 0 Å². The number of hydrogen-bond donors (Lipinski definition) is 1. The number of carbonyl (C=O) groups is 2. The van der Waals surface area contributed by atoms with Crippen molar-refractivity contribution >= 4 is 23.4 Å². The van der Waals surface area contributed by atoms with Crippen molar-refractivity contribution in [3.63, 3.8) is 0 Å². The van der Waals surface area contributed by atoms with Crippen LogP contribution in [0.3, 0.4) is 0 Å². The lowest BCUT2D eigenvalue weighted by molar-refractivity contribution is -0.142. The van der Waals surface area contributed by atoms with Gasteiger partial charge in [-0.25, -0.2) is 0 Å². The van der Waals surface area contributed by atoms with Gasteiger partial charge in [0.25, 0.3) is 5.91 Å². The Bertz CT molecular complexity index is 861. The SMILES string of the molecule is CNC(=O)[C@H](C)N(Cc1cccc(Cl)c1)C(=O)COc1ccccc1C(C)(C)C. The highest BCUT2D eigenvalue weighted by Crippen LogP contribution is 2.31. The van der Waals surface area contributed by atoms with Gasteiger partial charge in [0.2, 0.25) is 5.91 Å². The van der Waals surface area contributed by atoms with E-state index in [1.165, 1.54) is 4.90 Å². The maximum atomic E-state index is 13.0. The standard InChI is InChI=1S/C23H29ClN2O3/c1-16(22(28)25-5)26(14-17-9-8-10-18(24)13-17)21(27)15-29-20-12-7-6-11-19(20)23(2,3)4/h6-13,16H,14-15H2,1-5H3,(H,25,28)/t16-/m0/s1. The van der Waals surface area contributed by atoms with Gasteiger partial charge in [-0.05, 0) is 41.7 Å². The number of nitrogens with zero attached hydrogens (tertiary/aromatic N) is 1. The molecule has 1 N–H and O–H groups in total. The summed E-state index contributed by atoms with van der Waals surface area (Å²) in [7, 11) is 1.55. The smallest absolute Gasteiger partial charge is 0.261 e. The molecule has 2 aromatic carbocycles. The molecule has 2 amide bonds. The van der Waals surface area contributed by atoms with Gasteiger partial charge in [0.1, 0.15) is 11.8 Å². The number of likely N-dealkylation sites (N-methyl/N-ethyl adjacent to an activating group) is 1. The molecule has 0 saturated carbocycles. The predicted molar refractivity (Wildman–Crippen MR) is 116 cm³/mol. The Balaban J connectivity index is 2.21.